The van der Waals surface area contributed by atoms with Crippen molar-refractivity contribution in [3.63, 3.8) is 0 Å². The molecule has 0 aromatic heterocycles. The van der Waals surface area contributed by atoms with Crippen molar-refractivity contribution >= 4 is 0 Å². The second kappa shape index (κ2) is 4.70. The average molecular weight is 193 g/mol. The predicted molar refractivity (Wildman–Crippen MR) is 51.6 cm³/mol. The summed E-state index contributed by atoms with van der Waals surface area (Å²) in [5.74, 6) is -0.349. The SMILES string of the molecule is CN(C)NCc1ccc(C#N)cc1F. The fourth-order valence-electron chi connectivity index (χ4n) is 1.00. The van der Waals surface area contributed by atoms with E-state index in [-0.39, 0.29) is 5.82 Å². The molecular weight excluding hydrogens is 181 g/mol. The Hall–Kier alpha value is -1.44. The maximum absolute atomic E-state index is 13.3. The summed E-state index contributed by atoms with van der Waals surface area (Å²) in [6.45, 7) is 0.421. The molecule has 0 amide bonds. The van der Waals surface area contributed by atoms with Gasteiger partial charge in [0.25, 0.3) is 0 Å². The Bertz CT molecular complexity index is 355. The van der Waals surface area contributed by atoms with Crippen LogP contribution in [0.25, 0.3) is 0 Å². The molecule has 0 aliphatic rings. The van der Waals surface area contributed by atoms with Crippen LogP contribution in [-0.2, 0) is 6.54 Å². The zero-order valence-electron chi connectivity index (χ0n) is 8.21. The minimum atomic E-state index is -0.349. The Labute approximate surface area is 82.7 Å². The number of rotatable bonds is 3. The number of nitrogens with zero attached hydrogens (tertiary/aromatic N) is 2. The number of nitrogens with one attached hydrogen (secondary N) is 1. The molecule has 1 aromatic carbocycles. The van der Waals surface area contributed by atoms with Gasteiger partial charge in [0.15, 0.2) is 0 Å². The van der Waals surface area contributed by atoms with Crippen molar-refractivity contribution in [1.29, 1.82) is 5.26 Å². The van der Waals surface area contributed by atoms with Crippen LogP contribution in [0.1, 0.15) is 11.1 Å². The largest absolute Gasteiger partial charge is 0.251 e. The summed E-state index contributed by atoms with van der Waals surface area (Å²) < 4.78 is 13.3. The topological polar surface area (TPSA) is 39.1 Å². The molecule has 4 heteroatoms. The summed E-state index contributed by atoms with van der Waals surface area (Å²) in [6.07, 6.45) is 0. The fraction of sp³-hybridized carbons (Fsp3) is 0.300. The molecule has 0 saturated carbocycles. The number of nitriles is 1. The van der Waals surface area contributed by atoms with E-state index in [4.69, 9.17) is 5.26 Å². The number of hydrogen-bond acceptors (Lipinski definition) is 3. The van der Waals surface area contributed by atoms with Crippen LogP contribution >= 0.6 is 0 Å². The van der Waals surface area contributed by atoms with Gasteiger partial charge in [-0.3, -0.25) is 10.4 Å². The molecule has 0 atom stereocenters. The highest BCUT2D eigenvalue weighted by Gasteiger charge is 2.02. The van der Waals surface area contributed by atoms with Crippen molar-refractivity contribution in [2.24, 2.45) is 0 Å². The molecule has 0 saturated heterocycles. The third kappa shape index (κ3) is 2.80. The van der Waals surface area contributed by atoms with Crippen LogP contribution in [0.4, 0.5) is 4.39 Å². The van der Waals surface area contributed by atoms with Gasteiger partial charge in [-0.2, -0.15) is 5.26 Å². The van der Waals surface area contributed by atoms with Crippen LogP contribution in [0, 0.1) is 17.1 Å². The van der Waals surface area contributed by atoms with Gasteiger partial charge in [0.05, 0.1) is 11.6 Å². The van der Waals surface area contributed by atoms with E-state index in [0.29, 0.717) is 17.7 Å². The van der Waals surface area contributed by atoms with Crippen molar-refractivity contribution in [3.8, 4) is 6.07 Å². The zero-order valence-corrected chi connectivity index (χ0v) is 8.21. The minimum Gasteiger partial charge on any atom is -0.251 e. The maximum atomic E-state index is 13.3. The first-order valence-corrected chi connectivity index (χ1v) is 4.23. The summed E-state index contributed by atoms with van der Waals surface area (Å²) in [5, 5.41) is 10.3. The quantitative estimate of drug-likeness (QED) is 0.734. The van der Waals surface area contributed by atoms with Gasteiger partial charge in [-0.15, -0.1) is 0 Å². The van der Waals surface area contributed by atoms with Gasteiger partial charge in [-0.25, -0.2) is 4.39 Å². The molecule has 0 bridgehead atoms. The van der Waals surface area contributed by atoms with Gasteiger partial charge >= 0.3 is 0 Å². The van der Waals surface area contributed by atoms with E-state index >= 15 is 0 Å². The molecule has 74 valence electrons. The third-order valence-electron chi connectivity index (χ3n) is 1.77. The molecule has 1 rings (SSSR count). The van der Waals surface area contributed by atoms with Gasteiger partial charge in [0, 0.05) is 26.2 Å². The van der Waals surface area contributed by atoms with Gasteiger partial charge in [-0.05, 0) is 12.1 Å². The Kier molecular flexibility index (Phi) is 3.57. The van der Waals surface area contributed by atoms with E-state index in [1.165, 1.54) is 6.07 Å². The summed E-state index contributed by atoms with van der Waals surface area (Å²) in [6, 6.07) is 6.35. The zero-order chi connectivity index (χ0) is 10.6. The molecule has 0 spiro atoms. The molecule has 1 aromatic rings. The summed E-state index contributed by atoms with van der Waals surface area (Å²) in [4.78, 5) is 0. The molecule has 1 N–H and O–H groups in total. The summed E-state index contributed by atoms with van der Waals surface area (Å²) in [5.41, 5.74) is 3.85. The Morgan fingerprint density at radius 1 is 1.50 bits per heavy atom. The lowest BCUT2D eigenvalue weighted by Crippen LogP contribution is -2.29. The molecule has 0 radical (unpaired) electrons. The summed E-state index contributed by atoms with van der Waals surface area (Å²) >= 11 is 0. The molecule has 3 nitrogen and oxygen atoms in total. The highest BCUT2D eigenvalue weighted by molar-refractivity contribution is 5.32. The van der Waals surface area contributed by atoms with Crippen molar-refractivity contribution < 1.29 is 4.39 Å². The fourth-order valence-corrected chi connectivity index (χ4v) is 1.00. The van der Waals surface area contributed by atoms with Crippen LogP contribution < -0.4 is 5.43 Å². The molecule has 14 heavy (non-hydrogen) atoms. The number of hydrazine groups is 1. The monoisotopic (exact) mass is 193 g/mol. The van der Waals surface area contributed by atoms with Crippen molar-refractivity contribution in [2.45, 2.75) is 6.54 Å². The molecule has 0 aliphatic heterocycles. The molecule has 0 unspecified atom stereocenters. The normalized spacial score (nSPS) is 10.2. The predicted octanol–water partition coefficient (Wildman–Crippen LogP) is 1.26. The van der Waals surface area contributed by atoms with E-state index in [9.17, 15) is 4.39 Å². The molecule has 0 fully saturated rings. The van der Waals surface area contributed by atoms with Gasteiger partial charge in [0.2, 0.25) is 0 Å². The van der Waals surface area contributed by atoms with E-state index in [2.05, 4.69) is 5.43 Å². The van der Waals surface area contributed by atoms with E-state index in [0.717, 1.165) is 0 Å². The van der Waals surface area contributed by atoms with Crippen molar-refractivity contribution in [1.82, 2.24) is 10.4 Å². The highest BCUT2D eigenvalue weighted by Crippen LogP contribution is 2.09. The van der Waals surface area contributed by atoms with Crippen LogP contribution in [0.3, 0.4) is 0 Å². The Morgan fingerprint density at radius 2 is 2.21 bits per heavy atom. The molecular formula is C10H12FN3. The maximum Gasteiger partial charge on any atom is 0.129 e. The van der Waals surface area contributed by atoms with Gasteiger partial charge < -0.3 is 0 Å². The van der Waals surface area contributed by atoms with Crippen molar-refractivity contribution in [2.75, 3.05) is 14.1 Å². The molecule has 0 aliphatic carbocycles. The van der Waals surface area contributed by atoms with E-state index in [1.54, 1.807) is 17.1 Å². The lowest BCUT2D eigenvalue weighted by Gasteiger charge is -2.12. The Morgan fingerprint density at radius 3 is 2.71 bits per heavy atom. The average Bonchev–Trinajstić information content (AvgIpc) is 2.15. The lowest BCUT2D eigenvalue weighted by atomic mass is 10.1. The minimum absolute atomic E-state index is 0.344. The standard InChI is InChI=1S/C10H12FN3/c1-14(2)13-7-9-4-3-8(6-12)5-10(9)11/h3-5,13H,7H2,1-2H3. The number of hydrogen-bond donors (Lipinski definition) is 1. The smallest absolute Gasteiger partial charge is 0.129 e. The van der Waals surface area contributed by atoms with Gasteiger partial charge in [-0.1, -0.05) is 6.07 Å². The first-order chi connectivity index (χ1) is 6.63. The van der Waals surface area contributed by atoms with E-state index in [1.807, 2.05) is 20.2 Å². The van der Waals surface area contributed by atoms with Gasteiger partial charge in [0.1, 0.15) is 5.82 Å². The van der Waals surface area contributed by atoms with Crippen LogP contribution in [0.2, 0.25) is 0 Å². The third-order valence-corrected chi connectivity index (χ3v) is 1.77. The van der Waals surface area contributed by atoms with Crippen molar-refractivity contribution in [3.05, 3.63) is 35.1 Å². The summed E-state index contributed by atoms with van der Waals surface area (Å²) in [7, 11) is 3.67. The second-order valence-corrected chi connectivity index (χ2v) is 3.15. The Balaban J connectivity index is 2.75. The lowest BCUT2D eigenvalue weighted by molar-refractivity contribution is 0.283. The number of halogens is 1. The first-order valence-electron chi connectivity index (χ1n) is 4.23. The van der Waals surface area contributed by atoms with Crippen LogP contribution in [0.5, 0.6) is 0 Å². The van der Waals surface area contributed by atoms with E-state index < -0.39 is 0 Å². The highest BCUT2D eigenvalue weighted by atomic mass is 19.1. The molecule has 0 heterocycles. The van der Waals surface area contributed by atoms with Crippen LogP contribution in [0.15, 0.2) is 18.2 Å². The number of benzene rings is 1. The second-order valence-electron chi connectivity index (χ2n) is 3.15. The first kappa shape index (κ1) is 10.6. The van der Waals surface area contributed by atoms with Crippen LogP contribution in [-0.4, -0.2) is 19.1 Å².